The van der Waals surface area contributed by atoms with Crippen LogP contribution in [0.4, 0.5) is 4.79 Å². The van der Waals surface area contributed by atoms with E-state index >= 15 is 0 Å². The normalized spacial score (nSPS) is 15.6. The summed E-state index contributed by atoms with van der Waals surface area (Å²) in [4.78, 5) is 33.5. The van der Waals surface area contributed by atoms with Crippen molar-refractivity contribution in [2.75, 3.05) is 13.1 Å². The minimum absolute atomic E-state index is 0.0773. The molecular formula is C9H14N2O4. The highest BCUT2D eigenvalue weighted by atomic mass is 16.4. The maximum atomic E-state index is 11.1. The summed E-state index contributed by atoms with van der Waals surface area (Å²) in [6.45, 7) is 0.457. The molecule has 2 N–H and O–H groups in total. The number of nitrogens with one attached hydrogen (secondary N) is 1. The van der Waals surface area contributed by atoms with Gasteiger partial charge in [-0.15, -0.1) is 0 Å². The second kappa shape index (κ2) is 5.33. The van der Waals surface area contributed by atoms with Gasteiger partial charge in [0, 0.05) is 13.0 Å². The predicted octanol–water partition coefficient (Wildman–Crippen LogP) is 0.183. The van der Waals surface area contributed by atoms with Crippen LogP contribution in [0.2, 0.25) is 0 Å². The first-order valence-electron chi connectivity index (χ1n) is 4.91. The molecule has 1 aliphatic heterocycles. The zero-order valence-corrected chi connectivity index (χ0v) is 8.36. The van der Waals surface area contributed by atoms with Crippen LogP contribution in [-0.4, -0.2) is 41.0 Å². The molecule has 1 aliphatic rings. The van der Waals surface area contributed by atoms with Crippen LogP contribution in [0.5, 0.6) is 0 Å². The Morgan fingerprint density at radius 3 is 2.60 bits per heavy atom. The van der Waals surface area contributed by atoms with E-state index in [1.807, 2.05) is 0 Å². The predicted molar refractivity (Wildman–Crippen MR) is 51.2 cm³/mol. The lowest BCUT2D eigenvalue weighted by atomic mass is 10.2. The van der Waals surface area contributed by atoms with E-state index in [1.165, 1.54) is 4.90 Å². The van der Waals surface area contributed by atoms with Crippen molar-refractivity contribution in [3.63, 3.8) is 0 Å². The van der Waals surface area contributed by atoms with Gasteiger partial charge in [-0.2, -0.15) is 0 Å². The molecule has 0 aromatic heterocycles. The van der Waals surface area contributed by atoms with Gasteiger partial charge in [0.15, 0.2) is 0 Å². The molecule has 1 saturated heterocycles. The summed E-state index contributed by atoms with van der Waals surface area (Å²) in [6.07, 6.45) is 2.09. The van der Waals surface area contributed by atoms with Gasteiger partial charge in [-0.1, -0.05) is 6.42 Å². The van der Waals surface area contributed by atoms with Gasteiger partial charge in [-0.3, -0.25) is 14.5 Å². The van der Waals surface area contributed by atoms with Gasteiger partial charge < -0.3 is 10.4 Å². The summed E-state index contributed by atoms with van der Waals surface area (Å²) in [5, 5.41) is 10.8. The summed E-state index contributed by atoms with van der Waals surface area (Å²) in [7, 11) is 0. The second-order valence-corrected chi connectivity index (χ2v) is 3.41. The third kappa shape index (κ3) is 3.57. The molecule has 0 radical (unpaired) electrons. The maximum Gasteiger partial charge on any atom is 0.324 e. The molecule has 0 bridgehead atoms. The van der Waals surface area contributed by atoms with Crippen molar-refractivity contribution in [2.24, 2.45) is 0 Å². The van der Waals surface area contributed by atoms with Crippen LogP contribution in [0.15, 0.2) is 0 Å². The zero-order valence-electron chi connectivity index (χ0n) is 8.36. The largest absolute Gasteiger partial charge is 0.481 e. The molecule has 0 spiro atoms. The summed E-state index contributed by atoms with van der Waals surface area (Å²) in [5.74, 6) is -1.02. The third-order valence-corrected chi connectivity index (χ3v) is 2.21. The van der Waals surface area contributed by atoms with E-state index in [-0.39, 0.29) is 24.9 Å². The number of carboxylic acid groups (broad SMARTS) is 1. The van der Waals surface area contributed by atoms with Gasteiger partial charge >= 0.3 is 12.0 Å². The number of carbonyl (C=O) groups excluding carboxylic acids is 2. The van der Waals surface area contributed by atoms with E-state index in [9.17, 15) is 14.4 Å². The number of carboxylic acids is 1. The van der Waals surface area contributed by atoms with Crippen molar-refractivity contribution in [2.45, 2.75) is 25.7 Å². The molecule has 0 aromatic rings. The highest BCUT2D eigenvalue weighted by Gasteiger charge is 2.27. The van der Waals surface area contributed by atoms with Crippen LogP contribution in [0.3, 0.4) is 0 Å². The summed E-state index contributed by atoms with van der Waals surface area (Å²) >= 11 is 0. The van der Waals surface area contributed by atoms with Gasteiger partial charge in [0.2, 0.25) is 5.91 Å². The van der Waals surface area contributed by atoms with Gasteiger partial charge in [0.1, 0.15) is 0 Å². The topological polar surface area (TPSA) is 86.7 Å². The smallest absolute Gasteiger partial charge is 0.324 e. The number of hydrogen-bond donors (Lipinski definition) is 2. The molecular weight excluding hydrogens is 200 g/mol. The fourth-order valence-corrected chi connectivity index (χ4v) is 1.40. The molecule has 1 fully saturated rings. The Hall–Kier alpha value is -1.59. The zero-order chi connectivity index (χ0) is 11.3. The summed E-state index contributed by atoms with van der Waals surface area (Å²) < 4.78 is 0. The lowest BCUT2D eigenvalue weighted by Crippen LogP contribution is -2.31. The van der Waals surface area contributed by atoms with Crippen LogP contribution in [0, 0.1) is 0 Å². The Labute approximate surface area is 87.2 Å². The lowest BCUT2D eigenvalue weighted by Gasteiger charge is -2.11. The van der Waals surface area contributed by atoms with Crippen molar-refractivity contribution >= 4 is 17.9 Å². The maximum absolute atomic E-state index is 11.1. The van der Waals surface area contributed by atoms with Gasteiger partial charge in [0.05, 0.1) is 6.54 Å². The summed E-state index contributed by atoms with van der Waals surface area (Å²) in [6, 6.07) is -0.349. The van der Waals surface area contributed by atoms with Crippen molar-refractivity contribution in [3.05, 3.63) is 0 Å². The molecule has 0 atom stereocenters. The van der Waals surface area contributed by atoms with Crippen LogP contribution in [-0.2, 0) is 9.59 Å². The Morgan fingerprint density at radius 1 is 1.33 bits per heavy atom. The van der Waals surface area contributed by atoms with Crippen LogP contribution in [0.25, 0.3) is 0 Å². The minimum Gasteiger partial charge on any atom is -0.481 e. The van der Waals surface area contributed by atoms with Crippen LogP contribution in [0.1, 0.15) is 25.7 Å². The Balaban J connectivity index is 2.12. The molecule has 3 amide bonds. The number of imide groups is 1. The average molecular weight is 214 g/mol. The molecule has 6 heteroatoms. The van der Waals surface area contributed by atoms with Crippen molar-refractivity contribution in [1.82, 2.24) is 10.2 Å². The highest BCUT2D eigenvalue weighted by Crippen LogP contribution is 2.05. The highest BCUT2D eigenvalue weighted by molar-refractivity contribution is 6.01. The number of hydrogen-bond acceptors (Lipinski definition) is 3. The van der Waals surface area contributed by atoms with E-state index in [0.29, 0.717) is 25.8 Å². The first-order valence-corrected chi connectivity index (χ1v) is 4.91. The Morgan fingerprint density at radius 2 is 2.07 bits per heavy atom. The standard InChI is InChI=1S/C9H14N2O4/c12-7-6-10-9(15)11(7)5-3-1-2-4-8(13)14/h1-6H2,(H,10,15)(H,13,14). The number of amides is 3. The number of urea groups is 1. The Bertz CT molecular complexity index is 261. The molecule has 0 aromatic carbocycles. The van der Waals surface area contributed by atoms with E-state index < -0.39 is 5.97 Å². The second-order valence-electron chi connectivity index (χ2n) is 3.41. The Kier molecular flexibility index (Phi) is 4.08. The van der Waals surface area contributed by atoms with E-state index in [2.05, 4.69) is 5.32 Å². The molecule has 1 heterocycles. The minimum atomic E-state index is -0.815. The monoisotopic (exact) mass is 214 g/mol. The van der Waals surface area contributed by atoms with Crippen molar-refractivity contribution in [3.8, 4) is 0 Å². The van der Waals surface area contributed by atoms with Crippen LogP contribution < -0.4 is 5.32 Å². The first kappa shape index (κ1) is 11.5. The van der Waals surface area contributed by atoms with Gasteiger partial charge in [-0.05, 0) is 12.8 Å². The fourth-order valence-electron chi connectivity index (χ4n) is 1.40. The number of rotatable bonds is 6. The van der Waals surface area contributed by atoms with E-state index in [0.717, 1.165) is 0 Å². The molecule has 0 aliphatic carbocycles. The number of aliphatic carboxylic acids is 1. The molecule has 6 nitrogen and oxygen atoms in total. The SMILES string of the molecule is O=C(O)CCCCCN1C(=O)CNC1=O. The summed E-state index contributed by atoms with van der Waals surface area (Å²) in [5.41, 5.74) is 0. The third-order valence-electron chi connectivity index (χ3n) is 2.21. The number of unbranched alkanes of at least 4 members (excludes halogenated alkanes) is 2. The fraction of sp³-hybridized carbons (Fsp3) is 0.667. The quantitative estimate of drug-likeness (QED) is 0.488. The van der Waals surface area contributed by atoms with Crippen molar-refractivity contribution < 1.29 is 19.5 Å². The molecule has 84 valence electrons. The van der Waals surface area contributed by atoms with Crippen molar-refractivity contribution in [1.29, 1.82) is 0 Å². The molecule has 0 saturated carbocycles. The van der Waals surface area contributed by atoms with Gasteiger partial charge in [0.25, 0.3) is 0 Å². The number of carbonyl (C=O) groups is 3. The van der Waals surface area contributed by atoms with Gasteiger partial charge in [-0.25, -0.2) is 4.79 Å². The molecule has 0 unspecified atom stereocenters. The lowest BCUT2D eigenvalue weighted by molar-refractivity contribution is -0.137. The number of nitrogens with zero attached hydrogens (tertiary/aromatic N) is 1. The molecule has 1 rings (SSSR count). The first-order chi connectivity index (χ1) is 7.11. The van der Waals surface area contributed by atoms with E-state index in [4.69, 9.17) is 5.11 Å². The van der Waals surface area contributed by atoms with Crippen LogP contribution >= 0.6 is 0 Å². The average Bonchev–Trinajstić information content (AvgIpc) is 2.47. The van der Waals surface area contributed by atoms with E-state index in [1.54, 1.807) is 0 Å². The molecule has 15 heavy (non-hydrogen) atoms.